The van der Waals surface area contributed by atoms with Gasteiger partial charge in [0.05, 0.1) is 28.9 Å². The fraction of sp³-hybridized carbons (Fsp3) is 0.472. The Hall–Kier alpha value is -3.36. The zero-order valence-corrected chi connectivity index (χ0v) is 30.4. The highest BCUT2D eigenvalue weighted by Gasteiger charge is 2.45. The molecule has 1 aliphatic carbocycles. The maximum atomic E-state index is 13.2. The van der Waals surface area contributed by atoms with E-state index in [1.165, 1.54) is 30.6 Å². The van der Waals surface area contributed by atoms with Gasteiger partial charge in [0.2, 0.25) is 0 Å². The van der Waals surface area contributed by atoms with Gasteiger partial charge in [-0.3, -0.25) is 23.7 Å². The molecule has 1 aromatic heterocycles. The van der Waals surface area contributed by atoms with Crippen LogP contribution in [0.5, 0.6) is 11.5 Å². The van der Waals surface area contributed by atoms with Gasteiger partial charge in [-0.2, -0.15) is 8.78 Å². The normalized spacial score (nSPS) is 21.1. The van der Waals surface area contributed by atoms with Gasteiger partial charge in [0.25, 0.3) is 5.91 Å². The zero-order valence-electron chi connectivity index (χ0n) is 28.1. The second-order valence-corrected chi connectivity index (χ2v) is 15.3. The highest BCUT2D eigenvalue weighted by Crippen LogP contribution is 2.36. The van der Waals surface area contributed by atoms with Gasteiger partial charge in [0.15, 0.2) is 11.5 Å². The Balaban J connectivity index is 0.000000198. The topological polar surface area (TPSA) is 127 Å². The van der Waals surface area contributed by atoms with Crippen LogP contribution in [0.1, 0.15) is 48.0 Å². The maximum absolute atomic E-state index is 13.2. The van der Waals surface area contributed by atoms with E-state index in [9.17, 15) is 27.7 Å². The SMILES string of the molecule is C[S@@](=O)CC[C@](CO)(C(=O)O[C@H]1CN2CCC1CC2)c1ccccc1.O=C(Nc1c(Cl)cncc1Cl)c1ccc(OC(F)F)c(OCC2CC2)c1. The minimum absolute atomic E-state index is 0.0803. The molecule has 3 atom stereocenters. The van der Waals surface area contributed by atoms with Gasteiger partial charge in [0.1, 0.15) is 11.5 Å². The largest absolute Gasteiger partial charge is 0.489 e. The Morgan fingerprint density at radius 1 is 1.06 bits per heavy atom. The number of anilines is 1. The lowest BCUT2D eigenvalue weighted by atomic mass is 9.78. The van der Waals surface area contributed by atoms with Crippen LogP contribution in [-0.4, -0.2) is 88.6 Å². The molecule has 2 bridgehead atoms. The van der Waals surface area contributed by atoms with Crippen LogP contribution in [0.2, 0.25) is 10.0 Å². The fourth-order valence-corrected chi connectivity index (χ4v) is 7.23. The second-order valence-electron chi connectivity index (χ2n) is 12.9. The number of benzene rings is 2. The Labute approximate surface area is 308 Å². The molecule has 4 fully saturated rings. The van der Waals surface area contributed by atoms with Crippen LogP contribution in [0, 0.1) is 11.8 Å². The summed E-state index contributed by atoms with van der Waals surface area (Å²) < 4.78 is 52.7. The molecule has 7 rings (SSSR count). The number of nitrogens with zero attached hydrogens (tertiary/aromatic N) is 2. The Bertz CT molecular complexity index is 1660. The fourth-order valence-electron chi connectivity index (χ4n) is 6.13. The highest BCUT2D eigenvalue weighted by molar-refractivity contribution is 7.84. The number of aliphatic hydroxyl groups excluding tert-OH is 1. The number of pyridine rings is 1. The van der Waals surface area contributed by atoms with E-state index in [1.54, 1.807) is 6.26 Å². The molecule has 51 heavy (non-hydrogen) atoms. The van der Waals surface area contributed by atoms with Gasteiger partial charge in [-0.15, -0.1) is 0 Å². The quantitative estimate of drug-likeness (QED) is 0.181. The van der Waals surface area contributed by atoms with Crippen molar-refractivity contribution < 1.29 is 41.9 Å². The van der Waals surface area contributed by atoms with Crippen molar-refractivity contribution in [2.24, 2.45) is 11.8 Å². The van der Waals surface area contributed by atoms with Gasteiger partial charge >= 0.3 is 12.6 Å². The van der Waals surface area contributed by atoms with Crippen molar-refractivity contribution in [3.8, 4) is 11.5 Å². The third-order valence-electron chi connectivity index (χ3n) is 9.34. The summed E-state index contributed by atoms with van der Waals surface area (Å²) in [6.45, 7) is -0.00510. The van der Waals surface area contributed by atoms with Crippen molar-refractivity contribution in [1.82, 2.24) is 9.88 Å². The van der Waals surface area contributed by atoms with Crippen LogP contribution >= 0.6 is 23.2 Å². The van der Waals surface area contributed by atoms with Crippen molar-refractivity contribution in [3.05, 3.63) is 82.1 Å². The molecule has 15 heteroatoms. The van der Waals surface area contributed by atoms with Gasteiger partial charge < -0.3 is 24.6 Å². The van der Waals surface area contributed by atoms with E-state index < -0.39 is 28.7 Å². The van der Waals surface area contributed by atoms with Gasteiger partial charge in [0, 0.05) is 47.3 Å². The van der Waals surface area contributed by atoms with E-state index in [-0.39, 0.29) is 51.5 Å². The van der Waals surface area contributed by atoms with E-state index in [2.05, 4.69) is 19.9 Å². The number of hydrogen-bond acceptors (Lipinski definition) is 9. The molecule has 0 unspecified atom stereocenters. The number of carbonyl (C=O) groups excluding carboxylic acids is 2. The number of halogens is 4. The predicted octanol–water partition coefficient (Wildman–Crippen LogP) is 6.35. The lowest BCUT2D eigenvalue weighted by Crippen LogP contribution is -2.54. The summed E-state index contributed by atoms with van der Waals surface area (Å²) in [5.41, 5.74) is -0.0175. The van der Waals surface area contributed by atoms with Crippen molar-refractivity contribution in [2.75, 3.05) is 50.2 Å². The number of amides is 1. The minimum atomic E-state index is -2.99. The number of piperidine rings is 3. The van der Waals surface area contributed by atoms with E-state index in [0.717, 1.165) is 50.9 Å². The molecule has 3 aromatic rings. The third-order valence-corrected chi connectivity index (χ3v) is 10.7. The van der Waals surface area contributed by atoms with Crippen LogP contribution in [0.3, 0.4) is 0 Å². The number of esters is 1. The average molecular weight is 769 g/mol. The first kappa shape index (κ1) is 38.9. The van der Waals surface area contributed by atoms with E-state index in [0.29, 0.717) is 30.6 Å². The third kappa shape index (κ3) is 10.4. The van der Waals surface area contributed by atoms with Crippen molar-refractivity contribution in [3.63, 3.8) is 0 Å². The minimum Gasteiger partial charge on any atom is -0.489 e. The number of nitrogens with one attached hydrogen (secondary N) is 1. The van der Waals surface area contributed by atoms with Crippen LogP contribution in [0.25, 0.3) is 0 Å². The van der Waals surface area contributed by atoms with Crippen LogP contribution in [0.4, 0.5) is 14.5 Å². The van der Waals surface area contributed by atoms with Crippen molar-refractivity contribution in [2.45, 2.75) is 50.2 Å². The summed E-state index contributed by atoms with van der Waals surface area (Å²) in [4.78, 5) is 31.8. The number of hydrogen-bond donors (Lipinski definition) is 2. The summed E-state index contributed by atoms with van der Waals surface area (Å²) in [6, 6.07) is 13.2. The number of carbonyl (C=O) groups is 2. The molecular weight excluding hydrogens is 727 g/mol. The molecule has 2 N–H and O–H groups in total. The Morgan fingerprint density at radius 2 is 1.75 bits per heavy atom. The molecule has 1 amide bonds. The molecule has 10 nitrogen and oxygen atoms in total. The lowest BCUT2D eigenvalue weighted by Gasteiger charge is -2.45. The molecule has 3 aliphatic heterocycles. The number of rotatable bonds is 14. The molecule has 0 radical (unpaired) electrons. The molecule has 4 aliphatic rings. The summed E-state index contributed by atoms with van der Waals surface area (Å²) in [5, 5.41) is 13.1. The molecule has 3 saturated heterocycles. The van der Waals surface area contributed by atoms with E-state index in [1.807, 2.05) is 30.3 Å². The van der Waals surface area contributed by atoms with Gasteiger partial charge in [-0.05, 0) is 80.8 Å². The van der Waals surface area contributed by atoms with Gasteiger partial charge in [-0.1, -0.05) is 53.5 Å². The number of alkyl halides is 2. The van der Waals surface area contributed by atoms with Crippen LogP contribution in [-0.2, 0) is 25.7 Å². The first-order valence-corrected chi connectivity index (χ1v) is 19.2. The number of ether oxygens (including phenoxy) is 3. The van der Waals surface area contributed by atoms with Crippen molar-refractivity contribution in [1.29, 1.82) is 0 Å². The summed E-state index contributed by atoms with van der Waals surface area (Å²) in [7, 11) is -1.04. The number of fused-ring (bicyclic) bond motifs is 3. The maximum Gasteiger partial charge on any atom is 0.387 e. The average Bonchev–Trinajstić information content (AvgIpc) is 3.96. The van der Waals surface area contributed by atoms with Gasteiger partial charge in [-0.25, -0.2) is 0 Å². The molecule has 4 heterocycles. The first-order valence-electron chi connectivity index (χ1n) is 16.7. The second kappa shape index (κ2) is 17.9. The number of aliphatic hydroxyl groups is 1. The first-order chi connectivity index (χ1) is 24.5. The molecule has 276 valence electrons. The summed E-state index contributed by atoms with van der Waals surface area (Å²) in [5.74, 6) is 0.215. The highest BCUT2D eigenvalue weighted by atomic mass is 35.5. The van der Waals surface area contributed by atoms with Crippen LogP contribution in [0.15, 0.2) is 60.9 Å². The summed E-state index contributed by atoms with van der Waals surface area (Å²) in [6.07, 6.45) is 8.70. The van der Waals surface area contributed by atoms with E-state index >= 15 is 0 Å². The van der Waals surface area contributed by atoms with Crippen molar-refractivity contribution >= 4 is 51.6 Å². The van der Waals surface area contributed by atoms with E-state index in [4.69, 9.17) is 32.7 Å². The lowest BCUT2D eigenvalue weighted by molar-refractivity contribution is -0.167. The molecule has 1 saturated carbocycles. The molecule has 0 spiro atoms. The predicted molar refractivity (Wildman–Crippen MR) is 191 cm³/mol. The smallest absolute Gasteiger partial charge is 0.387 e. The Kier molecular flexibility index (Phi) is 13.7. The monoisotopic (exact) mass is 767 g/mol. The summed E-state index contributed by atoms with van der Waals surface area (Å²) >= 11 is 12.0. The molecule has 2 aromatic carbocycles. The zero-order chi connectivity index (χ0) is 36.5. The molecular formula is C36H41Cl2F2N3O7S. The standard InChI is InChI=1S/C19H27NO4S.C17H14Cl2F2N2O3/c1-25(23)12-9-19(14-21,16-5-3-2-4-6-16)18(22)24-17-13-20-10-7-15(17)8-11-20;18-11-6-22-7-12(19)15(11)23-16(24)10-3-4-13(26-17(20)21)14(5-10)25-8-9-1-2-9/h2-6,15,17,21H,7-14H2,1H3;3-7,9,17H,1-2,8H2,(H,22,23,24)/t17-,19+,25+;/m0./s1. The number of aromatic nitrogens is 1. The van der Waals surface area contributed by atoms with Crippen LogP contribution < -0.4 is 14.8 Å². The Morgan fingerprint density at radius 3 is 2.31 bits per heavy atom.